The minimum absolute atomic E-state index is 0.598. The molecule has 0 aliphatic carbocycles. The van der Waals surface area contributed by atoms with Crippen LogP contribution in [0.5, 0.6) is 0 Å². The smallest absolute Gasteiger partial charge is 0.164 e. The highest BCUT2D eigenvalue weighted by atomic mass is 32.1. The Bertz CT molecular complexity index is 3420. The molecule has 0 aliphatic rings. The molecule has 0 saturated heterocycles. The average Bonchev–Trinajstić information content (AvgIpc) is 3.95. The van der Waals surface area contributed by atoms with E-state index in [1.165, 1.54) is 42.0 Å². The molecule has 0 bridgehead atoms. The highest BCUT2D eigenvalue weighted by Crippen LogP contribution is 2.42. The third kappa shape index (κ3) is 5.12. The van der Waals surface area contributed by atoms with E-state index < -0.39 is 0 Å². The van der Waals surface area contributed by atoms with E-state index in [2.05, 4.69) is 126 Å². The Morgan fingerprint density at radius 1 is 0.386 bits per heavy atom. The van der Waals surface area contributed by atoms with Crippen molar-refractivity contribution in [3.8, 4) is 51.0 Å². The number of nitrogens with zero attached hydrogens (tertiary/aromatic N) is 4. The maximum atomic E-state index is 6.60. The molecule has 0 fully saturated rings. The minimum atomic E-state index is 0.598. The topological polar surface area (TPSA) is 56.7 Å². The highest BCUT2D eigenvalue weighted by Gasteiger charge is 2.18. The standard InChI is InChI=1S/C51H30N4OS/c1-3-12-31(13-4-1)49-52-50(32-14-5-2-6-15-32)54-51(53-49)34-22-25-39-45(29-34)56-44-21-11-18-36(48(39)44)33-23-26-46-40(28-33)41-30-35(24-27-47(41)57-46)55-42-19-9-7-16-37(42)38-17-8-10-20-43(38)55/h1-30H. The zero-order chi connectivity index (χ0) is 37.5. The van der Waals surface area contributed by atoms with Crippen LogP contribution in [0.2, 0.25) is 0 Å². The van der Waals surface area contributed by atoms with Gasteiger partial charge in [0.25, 0.3) is 0 Å². The number of thiophene rings is 1. The van der Waals surface area contributed by atoms with Crippen LogP contribution in [0.15, 0.2) is 186 Å². The van der Waals surface area contributed by atoms with Crippen LogP contribution in [0, 0.1) is 0 Å². The van der Waals surface area contributed by atoms with E-state index in [4.69, 9.17) is 19.4 Å². The summed E-state index contributed by atoms with van der Waals surface area (Å²) in [6.07, 6.45) is 0. The van der Waals surface area contributed by atoms with Crippen molar-refractivity contribution in [3.63, 3.8) is 0 Å². The molecule has 0 radical (unpaired) electrons. The lowest BCUT2D eigenvalue weighted by Gasteiger charge is -2.09. The summed E-state index contributed by atoms with van der Waals surface area (Å²) < 4.78 is 11.5. The Kier molecular flexibility index (Phi) is 7.03. The number of hydrogen-bond acceptors (Lipinski definition) is 5. The second-order valence-electron chi connectivity index (χ2n) is 14.4. The molecule has 12 rings (SSSR count). The fraction of sp³-hybridized carbons (Fsp3) is 0. The maximum Gasteiger partial charge on any atom is 0.164 e. The van der Waals surface area contributed by atoms with Crippen LogP contribution in [-0.2, 0) is 0 Å². The molecule has 0 unspecified atom stereocenters. The summed E-state index contributed by atoms with van der Waals surface area (Å²) in [6.45, 7) is 0. The van der Waals surface area contributed by atoms with Crippen LogP contribution in [0.4, 0.5) is 0 Å². The largest absolute Gasteiger partial charge is 0.456 e. The van der Waals surface area contributed by atoms with Gasteiger partial charge in [0, 0.05) is 64.1 Å². The molecular formula is C51H30N4OS. The predicted molar refractivity (Wildman–Crippen MR) is 236 cm³/mol. The molecule has 0 amide bonds. The summed E-state index contributed by atoms with van der Waals surface area (Å²) in [6, 6.07) is 63.9. The van der Waals surface area contributed by atoms with Gasteiger partial charge in [-0.05, 0) is 71.8 Å². The van der Waals surface area contributed by atoms with E-state index in [9.17, 15) is 0 Å². The Labute approximate surface area is 330 Å². The molecule has 6 heteroatoms. The Morgan fingerprint density at radius 2 is 0.965 bits per heavy atom. The molecular weight excluding hydrogens is 717 g/mol. The van der Waals surface area contributed by atoms with Crippen molar-refractivity contribution >= 4 is 75.3 Å². The van der Waals surface area contributed by atoms with Gasteiger partial charge in [-0.3, -0.25) is 0 Å². The van der Waals surface area contributed by atoms with E-state index >= 15 is 0 Å². The number of benzene rings is 8. The second kappa shape index (κ2) is 12.6. The molecule has 5 nitrogen and oxygen atoms in total. The minimum Gasteiger partial charge on any atom is -0.456 e. The first-order chi connectivity index (χ1) is 28.2. The Hall–Kier alpha value is -7.41. The number of para-hydroxylation sites is 2. The molecule has 0 atom stereocenters. The van der Waals surface area contributed by atoms with Gasteiger partial charge in [-0.1, -0.05) is 121 Å². The molecule has 8 aromatic carbocycles. The number of furan rings is 1. The fourth-order valence-electron chi connectivity index (χ4n) is 8.42. The van der Waals surface area contributed by atoms with Crippen molar-refractivity contribution in [1.82, 2.24) is 19.5 Å². The van der Waals surface area contributed by atoms with Crippen molar-refractivity contribution in [2.75, 3.05) is 0 Å². The summed E-state index contributed by atoms with van der Waals surface area (Å²) >= 11 is 1.84. The lowest BCUT2D eigenvalue weighted by molar-refractivity contribution is 0.669. The Morgan fingerprint density at radius 3 is 1.65 bits per heavy atom. The number of hydrogen-bond donors (Lipinski definition) is 0. The first-order valence-electron chi connectivity index (χ1n) is 19.0. The van der Waals surface area contributed by atoms with Crippen LogP contribution in [0.1, 0.15) is 0 Å². The zero-order valence-electron chi connectivity index (χ0n) is 30.4. The number of aromatic nitrogens is 4. The third-order valence-electron chi connectivity index (χ3n) is 11.1. The quantitative estimate of drug-likeness (QED) is 0.176. The highest BCUT2D eigenvalue weighted by molar-refractivity contribution is 7.25. The lowest BCUT2D eigenvalue weighted by Crippen LogP contribution is -2.00. The first-order valence-corrected chi connectivity index (χ1v) is 19.8. The van der Waals surface area contributed by atoms with Crippen molar-refractivity contribution < 1.29 is 4.42 Å². The predicted octanol–water partition coefficient (Wildman–Crippen LogP) is 13.9. The fourth-order valence-corrected chi connectivity index (χ4v) is 9.48. The van der Waals surface area contributed by atoms with Crippen LogP contribution in [-0.4, -0.2) is 19.5 Å². The summed E-state index contributed by atoms with van der Waals surface area (Å²) in [7, 11) is 0. The van der Waals surface area contributed by atoms with Gasteiger partial charge in [-0.2, -0.15) is 0 Å². The van der Waals surface area contributed by atoms with Crippen LogP contribution < -0.4 is 0 Å². The molecule has 266 valence electrons. The monoisotopic (exact) mass is 746 g/mol. The van der Waals surface area contributed by atoms with E-state index in [-0.39, 0.29) is 0 Å². The molecule has 4 heterocycles. The SMILES string of the molecule is c1ccc(-c2nc(-c3ccccc3)nc(-c3ccc4c(c3)oc3cccc(-c5ccc6sc7ccc(-n8c9ccccc9c9ccccc98)cc7c6c5)c34)n2)cc1. The van der Waals surface area contributed by atoms with Gasteiger partial charge < -0.3 is 8.98 Å². The number of fused-ring (bicyclic) bond motifs is 9. The van der Waals surface area contributed by atoms with Gasteiger partial charge in [0.2, 0.25) is 0 Å². The van der Waals surface area contributed by atoms with Crippen LogP contribution in [0.25, 0.3) is 115 Å². The van der Waals surface area contributed by atoms with E-state index in [0.29, 0.717) is 17.5 Å². The summed E-state index contributed by atoms with van der Waals surface area (Å²) in [4.78, 5) is 14.8. The van der Waals surface area contributed by atoms with E-state index in [0.717, 1.165) is 55.4 Å². The molecule has 4 aromatic heterocycles. The summed E-state index contributed by atoms with van der Waals surface area (Å²) in [5, 5.41) is 7.18. The van der Waals surface area contributed by atoms with Gasteiger partial charge in [0.05, 0.1) is 11.0 Å². The Balaban J connectivity index is 0.989. The molecule has 0 N–H and O–H groups in total. The van der Waals surface area contributed by atoms with Crippen molar-refractivity contribution in [2.24, 2.45) is 0 Å². The van der Waals surface area contributed by atoms with Crippen molar-refractivity contribution in [2.45, 2.75) is 0 Å². The molecule has 0 saturated carbocycles. The maximum absolute atomic E-state index is 6.60. The molecule has 57 heavy (non-hydrogen) atoms. The average molecular weight is 747 g/mol. The van der Waals surface area contributed by atoms with Crippen LogP contribution in [0.3, 0.4) is 0 Å². The first kappa shape index (κ1) is 31.9. The van der Waals surface area contributed by atoms with Gasteiger partial charge in [-0.25, -0.2) is 15.0 Å². The third-order valence-corrected chi connectivity index (χ3v) is 12.2. The van der Waals surface area contributed by atoms with Gasteiger partial charge in [0.1, 0.15) is 11.2 Å². The lowest BCUT2D eigenvalue weighted by atomic mass is 9.97. The summed E-state index contributed by atoms with van der Waals surface area (Å²) in [5.74, 6) is 1.86. The number of rotatable bonds is 5. The zero-order valence-corrected chi connectivity index (χ0v) is 31.2. The van der Waals surface area contributed by atoms with E-state index in [1.807, 2.05) is 72.0 Å². The van der Waals surface area contributed by atoms with Crippen LogP contribution >= 0.6 is 11.3 Å². The van der Waals surface area contributed by atoms with Gasteiger partial charge in [-0.15, -0.1) is 11.3 Å². The van der Waals surface area contributed by atoms with Crippen molar-refractivity contribution in [3.05, 3.63) is 182 Å². The van der Waals surface area contributed by atoms with Gasteiger partial charge in [0.15, 0.2) is 17.5 Å². The second-order valence-corrected chi connectivity index (χ2v) is 15.5. The molecule has 0 aliphatic heterocycles. The molecule has 12 aromatic rings. The van der Waals surface area contributed by atoms with E-state index in [1.54, 1.807) is 0 Å². The summed E-state index contributed by atoms with van der Waals surface area (Å²) in [5.41, 5.74) is 10.2. The van der Waals surface area contributed by atoms with Gasteiger partial charge >= 0.3 is 0 Å². The normalized spacial score (nSPS) is 11.9. The molecule has 0 spiro atoms. The van der Waals surface area contributed by atoms with Crippen molar-refractivity contribution in [1.29, 1.82) is 0 Å².